The molecule has 0 saturated carbocycles. The van der Waals surface area contributed by atoms with Crippen molar-refractivity contribution in [3.8, 4) is 5.69 Å². The summed E-state index contributed by atoms with van der Waals surface area (Å²) in [6.07, 6.45) is 1.19. The standard InChI is InChI=1S/C28H33N/c1-27(2,3)19-24(28(4,5)6)20-15-17-21(18-16-20)29-25-13-9-7-11-22(25)23-12-8-10-14-26(23)29/h7-18,24H,19H2,1-6H3. The summed E-state index contributed by atoms with van der Waals surface area (Å²) in [6.45, 7) is 14.1. The molecule has 29 heavy (non-hydrogen) atoms. The minimum absolute atomic E-state index is 0.238. The maximum atomic E-state index is 2.39. The van der Waals surface area contributed by atoms with Crippen molar-refractivity contribution >= 4 is 21.8 Å². The van der Waals surface area contributed by atoms with Gasteiger partial charge in [0.25, 0.3) is 0 Å². The number of fused-ring (bicyclic) bond motifs is 3. The number of nitrogens with zero attached hydrogens (tertiary/aromatic N) is 1. The number of rotatable bonds is 3. The van der Waals surface area contributed by atoms with Gasteiger partial charge in [-0.1, -0.05) is 90.1 Å². The Kier molecular flexibility index (Phi) is 4.81. The fourth-order valence-electron chi connectivity index (χ4n) is 4.59. The van der Waals surface area contributed by atoms with Gasteiger partial charge in [0.15, 0.2) is 0 Å². The molecule has 1 aromatic heterocycles. The highest BCUT2D eigenvalue weighted by molar-refractivity contribution is 6.09. The lowest BCUT2D eigenvalue weighted by molar-refractivity contribution is 0.229. The largest absolute Gasteiger partial charge is 0.309 e. The summed E-state index contributed by atoms with van der Waals surface area (Å²) >= 11 is 0. The lowest BCUT2D eigenvalue weighted by atomic mass is 9.69. The normalized spacial score (nSPS) is 13.9. The molecule has 4 rings (SSSR count). The molecule has 0 radical (unpaired) electrons. The zero-order valence-corrected chi connectivity index (χ0v) is 18.7. The van der Waals surface area contributed by atoms with Crippen molar-refractivity contribution in [2.24, 2.45) is 10.8 Å². The van der Waals surface area contributed by atoms with Crippen molar-refractivity contribution in [1.29, 1.82) is 0 Å². The summed E-state index contributed by atoms with van der Waals surface area (Å²) in [5.74, 6) is 0.537. The highest BCUT2D eigenvalue weighted by atomic mass is 15.0. The molecule has 4 aromatic rings. The Morgan fingerprint density at radius 2 is 1.14 bits per heavy atom. The molecule has 0 N–H and O–H groups in total. The number of hydrogen-bond acceptors (Lipinski definition) is 0. The van der Waals surface area contributed by atoms with E-state index in [-0.39, 0.29) is 5.41 Å². The molecule has 1 heteroatoms. The third-order valence-electron chi connectivity index (χ3n) is 6.00. The van der Waals surface area contributed by atoms with E-state index >= 15 is 0 Å². The molecular weight excluding hydrogens is 350 g/mol. The Morgan fingerprint density at radius 3 is 1.59 bits per heavy atom. The third-order valence-corrected chi connectivity index (χ3v) is 6.00. The first-order valence-corrected chi connectivity index (χ1v) is 10.7. The molecule has 1 atom stereocenters. The predicted molar refractivity (Wildman–Crippen MR) is 127 cm³/mol. The zero-order chi connectivity index (χ0) is 20.8. The fourth-order valence-corrected chi connectivity index (χ4v) is 4.59. The monoisotopic (exact) mass is 383 g/mol. The van der Waals surface area contributed by atoms with Crippen molar-refractivity contribution in [1.82, 2.24) is 4.57 Å². The molecule has 150 valence electrons. The molecule has 0 bridgehead atoms. The van der Waals surface area contributed by atoms with Gasteiger partial charge in [-0.3, -0.25) is 0 Å². The van der Waals surface area contributed by atoms with Crippen LogP contribution in [0.1, 0.15) is 59.4 Å². The molecule has 1 nitrogen and oxygen atoms in total. The quantitative estimate of drug-likeness (QED) is 0.335. The molecule has 3 aromatic carbocycles. The first-order valence-electron chi connectivity index (χ1n) is 10.7. The van der Waals surface area contributed by atoms with Gasteiger partial charge in [0.1, 0.15) is 0 Å². The van der Waals surface area contributed by atoms with Crippen molar-refractivity contribution in [2.45, 2.75) is 53.9 Å². The minimum atomic E-state index is 0.238. The van der Waals surface area contributed by atoms with Gasteiger partial charge in [-0.15, -0.1) is 0 Å². The third kappa shape index (κ3) is 3.83. The predicted octanol–water partition coefficient (Wildman–Crippen LogP) is 8.35. The van der Waals surface area contributed by atoms with Crippen LogP contribution in [0.4, 0.5) is 0 Å². The van der Waals surface area contributed by atoms with E-state index < -0.39 is 0 Å². The fraction of sp³-hybridized carbons (Fsp3) is 0.357. The Morgan fingerprint density at radius 1 is 0.655 bits per heavy atom. The van der Waals surface area contributed by atoms with Crippen LogP contribution < -0.4 is 0 Å². The van der Waals surface area contributed by atoms with E-state index in [9.17, 15) is 0 Å². The number of benzene rings is 3. The second-order valence-corrected chi connectivity index (χ2v) is 10.6. The van der Waals surface area contributed by atoms with Crippen molar-refractivity contribution in [2.75, 3.05) is 0 Å². The van der Waals surface area contributed by atoms with Crippen molar-refractivity contribution in [3.05, 3.63) is 78.4 Å². The zero-order valence-electron chi connectivity index (χ0n) is 18.7. The van der Waals surface area contributed by atoms with E-state index in [4.69, 9.17) is 0 Å². The van der Waals surface area contributed by atoms with Gasteiger partial charge < -0.3 is 4.57 Å². The van der Waals surface area contributed by atoms with E-state index in [0.717, 1.165) is 0 Å². The number of hydrogen-bond donors (Lipinski definition) is 0. The molecule has 0 aliphatic carbocycles. The van der Waals surface area contributed by atoms with Gasteiger partial charge in [0, 0.05) is 16.5 Å². The summed E-state index contributed by atoms with van der Waals surface area (Å²) in [6, 6.07) is 26.7. The van der Waals surface area contributed by atoms with Crippen LogP contribution in [0.2, 0.25) is 0 Å². The van der Waals surface area contributed by atoms with Crippen LogP contribution in [0.5, 0.6) is 0 Å². The Bertz CT molecular complexity index is 1080. The summed E-state index contributed by atoms with van der Waals surface area (Å²) in [7, 11) is 0. The average molecular weight is 384 g/mol. The lowest BCUT2D eigenvalue weighted by Crippen LogP contribution is -2.23. The number of aromatic nitrogens is 1. The highest BCUT2D eigenvalue weighted by Gasteiger charge is 2.30. The molecule has 0 fully saturated rings. The maximum Gasteiger partial charge on any atom is 0.0541 e. The summed E-state index contributed by atoms with van der Waals surface area (Å²) < 4.78 is 2.39. The summed E-state index contributed by atoms with van der Waals surface area (Å²) in [5, 5.41) is 2.62. The van der Waals surface area contributed by atoms with E-state index in [2.05, 4.69) is 119 Å². The van der Waals surface area contributed by atoms with Gasteiger partial charge in [-0.25, -0.2) is 0 Å². The van der Waals surface area contributed by atoms with Crippen molar-refractivity contribution in [3.63, 3.8) is 0 Å². The van der Waals surface area contributed by atoms with Crippen LogP contribution in [-0.2, 0) is 0 Å². The van der Waals surface area contributed by atoms with Crippen LogP contribution in [-0.4, -0.2) is 4.57 Å². The van der Waals surface area contributed by atoms with E-state index in [1.54, 1.807) is 0 Å². The van der Waals surface area contributed by atoms with Crippen LogP contribution in [0.25, 0.3) is 27.5 Å². The summed E-state index contributed by atoms with van der Waals surface area (Å²) in [4.78, 5) is 0. The Labute approximate surface area is 175 Å². The smallest absolute Gasteiger partial charge is 0.0541 e. The van der Waals surface area contributed by atoms with Crippen LogP contribution in [0.3, 0.4) is 0 Å². The lowest BCUT2D eigenvalue weighted by Gasteiger charge is -2.36. The molecule has 0 saturated heterocycles. The molecule has 1 heterocycles. The molecule has 0 amide bonds. The Balaban J connectivity index is 1.82. The highest BCUT2D eigenvalue weighted by Crippen LogP contribution is 2.43. The van der Waals surface area contributed by atoms with Crippen molar-refractivity contribution < 1.29 is 0 Å². The Hall–Kier alpha value is -2.54. The summed E-state index contributed by atoms with van der Waals surface area (Å²) in [5.41, 5.74) is 5.75. The first kappa shape index (κ1) is 19.8. The van der Waals surface area contributed by atoms with Crippen LogP contribution in [0.15, 0.2) is 72.8 Å². The molecule has 0 aliphatic rings. The van der Waals surface area contributed by atoms with E-state index in [1.165, 1.54) is 39.5 Å². The first-order chi connectivity index (χ1) is 13.6. The molecule has 0 aliphatic heterocycles. The molecule has 0 spiro atoms. The second-order valence-electron chi connectivity index (χ2n) is 10.6. The van der Waals surface area contributed by atoms with Gasteiger partial charge in [-0.2, -0.15) is 0 Å². The maximum absolute atomic E-state index is 2.39. The van der Waals surface area contributed by atoms with Crippen LogP contribution >= 0.6 is 0 Å². The minimum Gasteiger partial charge on any atom is -0.309 e. The SMILES string of the molecule is CC(C)(C)CC(c1ccc(-n2c3ccccc3c3ccccc32)cc1)C(C)(C)C. The average Bonchev–Trinajstić information content (AvgIpc) is 2.99. The topological polar surface area (TPSA) is 4.93 Å². The van der Waals surface area contributed by atoms with E-state index in [0.29, 0.717) is 11.3 Å². The van der Waals surface area contributed by atoms with Gasteiger partial charge in [-0.05, 0) is 53.0 Å². The number of para-hydroxylation sites is 2. The van der Waals surface area contributed by atoms with Crippen LogP contribution in [0, 0.1) is 10.8 Å². The second kappa shape index (κ2) is 7.06. The molecular formula is C28H33N. The van der Waals surface area contributed by atoms with Gasteiger partial charge >= 0.3 is 0 Å². The molecule has 1 unspecified atom stereocenters. The van der Waals surface area contributed by atoms with E-state index in [1.807, 2.05) is 0 Å². The van der Waals surface area contributed by atoms with Gasteiger partial charge in [0.2, 0.25) is 0 Å². The van der Waals surface area contributed by atoms with Gasteiger partial charge in [0.05, 0.1) is 11.0 Å².